The van der Waals surface area contributed by atoms with E-state index in [0.717, 1.165) is 31.0 Å². The minimum absolute atomic E-state index is 0.0181. The molecule has 1 amide bonds. The molecule has 0 aliphatic carbocycles. The van der Waals surface area contributed by atoms with Crippen molar-refractivity contribution in [2.45, 2.75) is 32.0 Å². The third-order valence-corrected chi connectivity index (χ3v) is 3.34. The molecule has 1 heterocycles. The van der Waals surface area contributed by atoms with Gasteiger partial charge < -0.3 is 14.8 Å². The molecule has 0 spiro atoms. The molecule has 1 aliphatic rings. The van der Waals surface area contributed by atoms with E-state index < -0.39 is 28.4 Å². The summed E-state index contributed by atoms with van der Waals surface area (Å²) >= 11 is 0. The maximum Gasteiger partial charge on any atom is 0.295 e. The first-order chi connectivity index (χ1) is 10.5. The Bertz CT molecular complexity index is 560. The summed E-state index contributed by atoms with van der Waals surface area (Å²) < 4.78 is 23.8. The second-order valence-electron chi connectivity index (χ2n) is 5.02. The van der Waals surface area contributed by atoms with Gasteiger partial charge in [0, 0.05) is 6.61 Å². The van der Waals surface area contributed by atoms with Crippen molar-refractivity contribution < 1.29 is 23.6 Å². The van der Waals surface area contributed by atoms with Crippen molar-refractivity contribution in [1.29, 1.82) is 0 Å². The lowest BCUT2D eigenvalue weighted by molar-refractivity contribution is -0.384. The first kappa shape index (κ1) is 16.3. The molecule has 0 aromatic heterocycles. The lowest BCUT2D eigenvalue weighted by Crippen LogP contribution is -2.30. The topological polar surface area (TPSA) is 90.7 Å². The Morgan fingerprint density at radius 1 is 1.64 bits per heavy atom. The fourth-order valence-corrected chi connectivity index (χ4v) is 2.10. The number of amides is 1. The van der Waals surface area contributed by atoms with Gasteiger partial charge in [0.15, 0.2) is 0 Å². The van der Waals surface area contributed by atoms with Crippen LogP contribution in [0.2, 0.25) is 0 Å². The lowest BCUT2D eigenvalue weighted by Gasteiger charge is -2.16. The largest absolute Gasteiger partial charge is 0.376 e. The van der Waals surface area contributed by atoms with Gasteiger partial charge in [-0.25, -0.2) is 4.39 Å². The molecule has 22 heavy (non-hydrogen) atoms. The number of nitro groups is 1. The summed E-state index contributed by atoms with van der Waals surface area (Å²) in [4.78, 5) is 22.1. The number of carbonyl (C=O) groups is 1. The maximum absolute atomic E-state index is 13.0. The summed E-state index contributed by atoms with van der Waals surface area (Å²) in [5, 5.41) is 13.2. The summed E-state index contributed by atoms with van der Waals surface area (Å²) in [6.45, 7) is 2.52. The van der Waals surface area contributed by atoms with Crippen LogP contribution in [0.3, 0.4) is 0 Å². The van der Waals surface area contributed by atoms with Gasteiger partial charge in [-0.15, -0.1) is 0 Å². The number of nitrogens with zero attached hydrogens (tertiary/aromatic N) is 1. The molecule has 1 aromatic rings. The zero-order valence-corrected chi connectivity index (χ0v) is 12.1. The molecule has 1 N–H and O–H groups in total. The number of benzene rings is 1. The quantitative estimate of drug-likeness (QED) is 0.642. The van der Waals surface area contributed by atoms with E-state index in [1.54, 1.807) is 6.92 Å². The maximum atomic E-state index is 13.0. The van der Waals surface area contributed by atoms with Gasteiger partial charge in [0.2, 0.25) is 0 Å². The van der Waals surface area contributed by atoms with Gasteiger partial charge in [-0.1, -0.05) is 0 Å². The fourth-order valence-electron chi connectivity index (χ4n) is 2.10. The van der Waals surface area contributed by atoms with Crippen LogP contribution in [0.15, 0.2) is 18.2 Å². The highest BCUT2D eigenvalue weighted by Gasteiger charge is 2.22. The Morgan fingerprint density at radius 3 is 3.05 bits per heavy atom. The summed E-state index contributed by atoms with van der Waals surface area (Å²) in [5.74, 6) is -1.28. The Hall–Kier alpha value is -2.06. The van der Waals surface area contributed by atoms with Crippen molar-refractivity contribution in [3.05, 3.63) is 34.1 Å². The molecule has 1 saturated heterocycles. The highest BCUT2D eigenvalue weighted by molar-refractivity contribution is 5.95. The zero-order chi connectivity index (χ0) is 16.1. The highest BCUT2D eigenvalue weighted by atomic mass is 19.1. The van der Waals surface area contributed by atoms with E-state index in [4.69, 9.17) is 9.47 Å². The van der Waals surface area contributed by atoms with Crippen LogP contribution >= 0.6 is 0 Å². The predicted molar refractivity (Wildman–Crippen MR) is 76.1 cm³/mol. The standard InChI is InChI=1S/C14H17FN2O5/c1-9(22-8-11-3-2-6-21-11)14(18)16-12-5-4-10(15)7-13(12)17(19)20/h4-5,7,9,11H,2-3,6,8H2,1H3,(H,16,18)/t9-,11+/m0/s1. The van der Waals surface area contributed by atoms with E-state index in [-0.39, 0.29) is 11.8 Å². The minimum Gasteiger partial charge on any atom is -0.376 e. The smallest absolute Gasteiger partial charge is 0.295 e. The average molecular weight is 312 g/mol. The van der Waals surface area contributed by atoms with Crippen LogP contribution in [0.4, 0.5) is 15.8 Å². The van der Waals surface area contributed by atoms with E-state index in [1.807, 2.05) is 0 Å². The van der Waals surface area contributed by atoms with Crippen LogP contribution in [0.1, 0.15) is 19.8 Å². The molecule has 120 valence electrons. The Kier molecular flexibility index (Phi) is 5.40. The van der Waals surface area contributed by atoms with Gasteiger partial charge in [0.1, 0.15) is 17.6 Å². The summed E-state index contributed by atoms with van der Waals surface area (Å²) in [6.07, 6.45) is 1.04. The molecule has 1 aromatic carbocycles. The van der Waals surface area contributed by atoms with E-state index in [0.29, 0.717) is 13.2 Å². The molecular weight excluding hydrogens is 295 g/mol. The van der Waals surface area contributed by atoms with Crippen molar-refractivity contribution in [3.8, 4) is 0 Å². The van der Waals surface area contributed by atoms with Crippen molar-refractivity contribution in [3.63, 3.8) is 0 Å². The molecule has 8 heteroatoms. The number of anilines is 1. The molecular formula is C14H17FN2O5. The van der Waals surface area contributed by atoms with Crippen molar-refractivity contribution in [2.24, 2.45) is 0 Å². The van der Waals surface area contributed by atoms with E-state index in [9.17, 15) is 19.3 Å². The molecule has 0 bridgehead atoms. The third-order valence-electron chi connectivity index (χ3n) is 3.34. The predicted octanol–water partition coefficient (Wildman–Crippen LogP) is 2.26. The number of nitrogens with one attached hydrogen (secondary N) is 1. The molecule has 0 saturated carbocycles. The molecule has 7 nitrogen and oxygen atoms in total. The normalized spacial score (nSPS) is 18.9. The number of halogens is 1. The number of hydrogen-bond donors (Lipinski definition) is 1. The molecule has 1 fully saturated rings. The van der Waals surface area contributed by atoms with Crippen LogP contribution in [-0.4, -0.2) is 36.3 Å². The first-order valence-electron chi connectivity index (χ1n) is 6.95. The molecule has 0 radical (unpaired) electrons. The third kappa shape index (κ3) is 4.22. The van der Waals surface area contributed by atoms with Crippen LogP contribution in [0.25, 0.3) is 0 Å². The number of nitro benzene ring substituents is 1. The number of hydrogen-bond acceptors (Lipinski definition) is 5. The van der Waals surface area contributed by atoms with Gasteiger partial charge in [-0.3, -0.25) is 14.9 Å². The molecule has 1 aliphatic heterocycles. The molecule has 2 atom stereocenters. The fraction of sp³-hybridized carbons (Fsp3) is 0.500. The number of rotatable bonds is 6. The van der Waals surface area contributed by atoms with Crippen LogP contribution < -0.4 is 5.32 Å². The Balaban J connectivity index is 1.94. The van der Waals surface area contributed by atoms with Crippen molar-refractivity contribution >= 4 is 17.3 Å². The van der Waals surface area contributed by atoms with E-state index >= 15 is 0 Å². The lowest BCUT2D eigenvalue weighted by atomic mass is 10.2. The van der Waals surface area contributed by atoms with Crippen LogP contribution in [-0.2, 0) is 14.3 Å². The van der Waals surface area contributed by atoms with Crippen LogP contribution in [0, 0.1) is 15.9 Å². The van der Waals surface area contributed by atoms with Gasteiger partial charge in [0.05, 0.1) is 23.7 Å². The van der Waals surface area contributed by atoms with Crippen LogP contribution in [0.5, 0.6) is 0 Å². The van der Waals surface area contributed by atoms with Gasteiger partial charge in [0.25, 0.3) is 11.6 Å². The monoisotopic (exact) mass is 312 g/mol. The molecule has 0 unspecified atom stereocenters. The Morgan fingerprint density at radius 2 is 2.41 bits per heavy atom. The van der Waals surface area contributed by atoms with Gasteiger partial charge in [-0.2, -0.15) is 0 Å². The zero-order valence-electron chi connectivity index (χ0n) is 12.1. The summed E-state index contributed by atoms with van der Waals surface area (Å²) in [6, 6.07) is 2.95. The van der Waals surface area contributed by atoms with Gasteiger partial charge >= 0.3 is 0 Å². The molecule has 2 rings (SSSR count). The summed E-state index contributed by atoms with van der Waals surface area (Å²) in [7, 11) is 0. The first-order valence-corrected chi connectivity index (χ1v) is 6.95. The number of carbonyl (C=O) groups excluding carboxylic acids is 1. The van der Waals surface area contributed by atoms with E-state index in [2.05, 4.69) is 5.32 Å². The summed E-state index contributed by atoms with van der Waals surface area (Å²) in [5.41, 5.74) is -0.566. The Labute approximate surface area is 126 Å². The SMILES string of the molecule is C[C@H](OC[C@H]1CCCO1)C(=O)Nc1ccc(F)cc1[N+](=O)[O-]. The number of ether oxygens (including phenoxy) is 2. The van der Waals surface area contributed by atoms with Crippen molar-refractivity contribution in [1.82, 2.24) is 0 Å². The van der Waals surface area contributed by atoms with Gasteiger partial charge in [-0.05, 0) is 31.9 Å². The minimum atomic E-state index is -0.797. The van der Waals surface area contributed by atoms with Crippen molar-refractivity contribution in [2.75, 3.05) is 18.5 Å². The van der Waals surface area contributed by atoms with E-state index in [1.165, 1.54) is 0 Å². The second kappa shape index (κ2) is 7.28. The highest BCUT2D eigenvalue weighted by Crippen LogP contribution is 2.25. The second-order valence-corrected chi connectivity index (χ2v) is 5.02. The average Bonchev–Trinajstić information content (AvgIpc) is 2.99.